The van der Waals surface area contributed by atoms with Crippen molar-refractivity contribution in [3.05, 3.63) is 47.5 Å². The molecule has 27 heavy (non-hydrogen) atoms. The van der Waals surface area contributed by atoms with E-state index in [9.17, 15) is 9.59 Å². The number of thioether (sulfide) groups is 1. The highest BCUT2D eigenvalue weighted by atomic mass is 32.2. The molecule has 3 rings (SSSR count). The second-order valence-electron chi connectivity index (χ2n) is 6.25. The first kappa shape index (κ1) is 19.1. The molecule has 6 nitrogen and oxygen atoms in total. The number of nitrogens with one attached hydrogen (secondary N) is 1. The Balaban J connectivity index is 1.50. The van der Waals surface area contributed by atoms with E-state index in [-0.39, 0.29) is 12.5 Å². The van der Waals surface area contributed by atoms with Gasteiger partial charge in [0.25, 0.3) is 5.91 Å². The molecule has 0 saturated carbocycles. The van der Waals surface area contributed by atoms with Crippen LogP contribution >= 0.6 is 11.8 Å². The first-order valence-electron chi connectivity index (χ1n) is 8.52. The van der Waals surface area contributed by atoms with Gasteiger partial charge in [-0.1, -0.05) is 17.7 Å². The molecule has 1 heterocycles. The van der Waals surface area contributed by atoms with Crippen LogP contribution in [0.5, 0.6) is 11.5 Å². The van der Waals surface area contributed by atoms with Crippen LogP contribution < -0.4 is 14.8 Å². The number of aryl methyl sites for hydroxylation is 2. The van der Waals surface area contributed by atoms with Crippen LogP contribution in [0.3, 0.4) is 0 Å². The van der Waals surface area contributed by atoms with Crippen molar-refractivity contribution in [1.82, 2.24) is 0 Å². The molecule has 0 unspecified atom stereocenters. The van der Waals surface area contributed by atoms with Crippen LogP contribution in [0.4, 0.5) is 5.69 Å². The Morgan fingerprint density at radius 2 is 1.93 bits per heavy atom. The molecular weight excluding hydrogens is 366 g/mol. The topological polar surface area (TPSA) is 73.9 Å². The van der Waals surface area contributed by atoms with E-state index in [0.29, 0.717) is 17.2 Å². The van der Waals surface area contributed by atoms with Crippen LogP contribution in [0.15, 0.2) is 41.3 Å². The zero-order valence-corrected chi connectivity index (χ0v) is 16.2. The molecule has 0 saturated heterocycles. The fraction of sp³-hybridized carbons (Fsp3) is 0.300. The number of rotatable bonds is 6. The van der Waals surface area contributed by atoms with Gasteiger partial charge in [0.05, 0.1) is 5.75 Å². The van der Waals surface area contributed by atoms with E-state index in [2.05, 4.69) is 5.32 Å². The predicted octanol–water partition coefficient (Wildman–Crippen LogP) is 3.69. The second kappa shape index (κ2) is 8.35. The minimum Gasteiger partial charge on any atom is -0.454 e. The molecule has 1 amide bonds. The third kappa shape index (κ3) is 4.95. The number of carbonyl (C=O) groups excluding carboxylic acids is 2. The van der Waals surface area contributed by atoms with Crippen LogP contribution in [0.1, 0.15) is 18.1 Å². The van der Waals surface area contributed by atoms with E-state index in [1.807, 2.05) is 32.0 Å². The molecule has 0 aromatic heterocycles. The van der Waals surface area contributed by atoms with Crippen molar-refractivity contribution in [2.24, 2.45) is 0 Å². The minimum absolute atomic E-state index is 0.145. The molecule has 0 fully saturated rings. The standard InChI is InChI=1S/C20H21NO5S/c1-12-4-5-13(2)18(8-12)27-10-19(22)26-14(3)20(23)21-15-6-7-16-17(9-15)25-11-24-16/h4-9,14H,10-11H2,1-3H3,(H,21,23)/t14-/m0/s1. The highest BCUT2D eigenvalue weighted by Crippen LogP contribution is 2.34. The van der Waals surface area contributed by atoms with Gasteiger partial charge in [0.1, 0.15) is 0 Å². The number of ether oxygens (including phenoxy) is 3. The summed E-state index contributed by atoms with van der Waals surface area (Å²) in [7, 11) is 0. The third-order valence-corrected chi connectivity index (χ3v) is 5.14. The molecule has 2 aromatic carbocycles. The van der Waals surface area contributed by atoms with Gasteiger partial charge in [0, 0.05) is 16.6 Å². The Morgan fingerprint density at radius 3 is 2.74 bits per heavy atom. The SMILES string of the molecule is Cc1ccc(C)c(SCC(=O)O[C@@H](C)C(=O)Nc2ccc3c(c2)OCO3)c1. The summed E-state index contributed by atoms with van der Waals surface area (Å²) in [6, 6.07) is 11.2. The van der Waals surface area contributed by atoms with Gasteiger partial charge in [-0.25, -0.2) is 0 Å². The van der Waals surface area contributed by atoms with Crippen LogP contribution in [-0.2, 0) is 14.3 Å². The maximum Gasteiger partial charge on any atom is 0.317 e. The smallest absolute Gasteiger partial charge is 0.317 e. The van der Waals surface area contributed by atoms with Gasteiger partial charge in [-0.05, 0) is 44.5 Å². The maximum absolute atomic E-state index is 12.3. The quantitative estimate of drug-likeness (QED) is 0.602. The molecule has 1 aliphatic heterocycles. The van der Waals surface area contributed by atoms with Crippen molar-refractivity contribution in [2.75, 3.05) is 17.9 Å². The van der Waals surface area contributed by atoms with Crippen LogP contribution in [-0.4, -0.2) is 30.5 Å². The van der Waals surface area contributed by atoms with Gasteiger partial charge in [-0.2, -0.15) is 0 Å². The van der Waals surface area contributed by atoms with Crippen molar-refractivity contribution < 1.29 is 23.8 Å². The summed E-state index contributed by atoms with van der Waals surface area (Å²) in [5.74, 6) is 0.512. The number of anilines is 1. The number of hydrogen-bond acceptors (Lipinski definition) is 6. The Kier molecular flexibility index (Phi) is 5.91. The lowest BCUT2D eigenvalue weighted by molar-refractivity contribution is -0.150. The molecule has 1 atom stereocenters. The van der Waals surface area contributed by atoms with E-state index < -0.39 is 18.0 Å². The molecule has 1 N–H and O–H groups in total. The maximum atomic E-state index is 12.3. The van der Waals surface area contributed by atoms with Gasteiger partial charge in [-0.3, -0.25) is 9.59 Å². The lowest BCUT2D eigenvalue weighted by Gasteiger charge is -2.14. The lowest BCUT2D eigenvalue weighted by Crippen LogP contribution is -2.30. The molecule has 0 spiro atoms. The van der Waals surface area contributed by atoms with Crippen molar-refractivity contribution in [1.29, 1.82) is 0 Å². The summed E-state index contributed by atoms with van der Waals surface area (Å²) in [5.41, 5.74) is 2.79. The number of hydrogen-bond donors (Lipinski definition) is 1. The average molecular weight is 387 g/mol. The van der Waals surface area contributed by atoms with Crippen LogP contribution in [0, 0.1) is 13.8 Å². The van der Waals surface area contributed by atoms with E-state index >= 15 is 0 Å². The second-order valence-corrected chi connectivity index (χ2v) is 7.26. The summed E-state index contributed by atoms with van der Waals surface area (Å²) in [5, 5.41) is 2.71. The summed E-state index contributed by atoms with van der Waals surface area (Å²) < 4.78 is 15.7. The molecule has 0 bridgehead atoms. The number of benzene rings is 2. The van der Waals surface area contributed by atoms with Gasteiger partial charge in [-0.15, -0.1) is 11.8 Å². The van der Waals surface area contributed by atoms with Crippen molar-refractivity contribution >= 4 is 29.3 Å². The Hall–Kier alpha value is -2.67. The molecule has 142 valence electrons. The van der Waals surface area contributed by atoms with Crippen molar-refractivity contribution in [3.8, 4) is 11.5 Å². The first-order chi connectivity index (χ1) is 12.9. The molecule has 7 heteroatoms. The molecule has 0 aliphatic carbocycles. The van der Waals surface area contributed by atoms with Gasteiger partial charge in [0.15, 0.2) is 17.6 Å². The fourth-order valence-electron chi connectivity index (χ4n) is 2.50. The zero-order chi connectivity index (χ0) is 19.4. The summed E-state index contributed by atoms with van der Waals surface area (Å²) >= 11 is 1.40. The summed E-state index contributed by atoms with van der Waals surface area (Å²) in [6.45, 7) is 5.71. The van der Waals surface area contributed by atoms with Gasteiger partial charge < -0.3 is 19.5 Å². The Labute approximate surface area is 162 Å². The van der Waals surface area contributed by atoms with Crippen LogP contribution in [0.25, 0.3) is 0 Å². The summed E-state index contributed by atoms with van der Waals surface area (Å²) in [6.07, 6.45) is -0.901. The average Bonchev–Trinajstić information content (AvgIpc) is 3.10. The molecular formula is C20H21NO5S. The zero-order valence-electron chi connectivity index (χ0n) is 15.4. The minimum atomic E-state index is -0.901. The highest BCUT2D eigenvalue weighted by Gasteiger charge is 2.20. The predicted molar refractivity (Wildman–Crippen MR) is 103 cm³/mol. The molecule has 1 aliphatic rings. The van der Waals surface area contributed by atoms with E-state index in [4.69, 9.17) is 14.2 Å². The van der Waals surface area contributed by atoms with Crippen LogP contribution in [0.2, 0.25) is 0 Å². The summed E-state index contributed by atoms with van der Waals surface area (Å²) in [4.78, 5) is 25.4. The van der Waals surface area contributed by atoms with Gasteiger partial charge >= 0.3 is 5.97 Å². The lowest BCUT2D eigenvalue weighted by atomic mass is 10.2. The van der Waals surface area contributed by atoms with E-state index in [1.165, 1.54) is 11.8 Å². The van der Waals surface area contributed by atoms with Gasteiger partial charge in [0.2, 0.25) is 6.79 Å². The van der Waals surface area contributed by atoms with E-state index in [1.54, 1.807) is 25.1 Å². The third-order valence-electron chi connectivity index (χ3n) is 4.01. The Morgan fingerprint density at radius 1 is 1.15 bits per heavy atom. The van der Waals surface area contributed by atoms with Crippen molar-refractivity contribution in [3.63, 3.8) is 0 Å². The number of amides is 1. The van der Waals surface area contributed by atoms with E-state index in [0.717, 1.165) is 16.0 Å². The number of carbonyl (C=O) groups is 2. The fourth-order valence-corrected chi connectivity index (χ4v) is 3.41. The molecule has 2 aromatic rings. The Bertz CT molecular complexity index is 867. The van der Waals surface area contributed by atoms with Crippen molar-refractivity contribution in [2.45, 2.75) is 31.8 Å². The largest absolute Gasteiger partial charge is 0.454 e. The molecule has 0 radical (unpaired) electrons. The highest BCUT2D eigenvalue weighted by molar-refractivity contribution is 8.00. The first-order valence-corrected chi connectivity index (χ1v) is 9.51. The monoisotopic (exact) mass is 387 g/mol. The normalized spacial score (nSPS) is 13.1. The number of esters is 1. The number of fused-ring (bicyclic) bond motifs is 1.